The first kappa shape index (κ1) is 14.3. The third-order valence-corrected chi connectivity index (χ3v) is 3.39. The lowest BCUT2D eigenvalue weighted by atomic mass is 10.1. The Morgan fingerprint density at radius 3 is 2.59 bits per heavy atom. The van der Waals surface area contributed by atoms with E-state index in [1.54, 1.807) is 29.2 Å². The van der Waals surface area contributed by atoms with Crippen LogP contribution in [-0.4, -0.2) is 25.8 Å². The van der Waals surface area contributed by atoms with Crippen molar-refractivity contribution in [1.82, 2.24) is 14.8 Å². The van der Waals surface area contributed by atoms with Gasteiger partial charge in [-0.15, -0.1) is 0 Å². The molecule has 0 spiro atoms. The number of aliphatic carboxylic acids is 1. The summed E-state index contributed by atoms with van der Waals surface area (Å²) >= 11 is 5.89. The minimum Gasteiger partial charge on any atom is -0.481 e. The number of hydrogen-bond donors (Lipinski definition) is 1. The summed E-state index contributed by atoms with van der Waals surface area (Å²) in [5.41, 5.74) is 2.06. The summed E-state index contributed by atoms with van der Waals surface area (Å²) in [4.78, 5) is 15.3. The first-order valence-electron chi connectivity index (χ1n) is 6.61. The zero-order valence-corrected chi connectivity index (χ0v) is 12.2. The van der Waals surface area contributed by atoms with Crippen LogP contribution in [0, 0.1) is 0 Å². The second-order valence-electron chi connectivity index (χ2n) is 4.71. The molecular weight excluding hydrogens is 302 g/mol. The smallest absolute Gasteiger partial charge is 0.307 e. The van der Waals surface area contributed by atoms with Gasteiger partial charge in [0.05, 0.1) is 12.1 Å². The van der Waals surface area contributed by atoms with Crippen molar-refractivity contribution in [3.05, 3.63) is 65.4 Å². The van der Waals surface area contributed by atoms with E-state index in [1.165, 1.54) is 0 Å². The number of pyridine rings is 1. The zero-order chi connectivity index (χ0) is 15.5. The van der Waals surface area contributed by atoms with E-state index in [0.29, 0.717) is 22.1 Å². The average Bonchev–Trinajstić information content (AvgIpc) is 2.92. The maximum Gasteiger partial charge on any atom is 0.307 e. The molecule has 3 rings (SSSR count). The first-order chi connectivity index (χ1) is 10.6. The van der Waals surface area contributed by atoms with Crippen LogP contribution in [0.1, 0.15) is 5.56 Å². The Bertz CT molecular complexity index is 798. The largest absolute Gasteiger partial charge is 0.481 e. The zero-order valence-electron chi connectivity index (χ0n) is 11.5. The van der Waals surface area contributed by atoms with Gasteiger partial charge in [-0.05, 0) is 24.3 Å². The van der Waals surface area contributed by atoms with Gasteiger partial charge in [0.2, 0.25) is 0 Å². The summed E-state index contributed by atoms with van der Waals surface area (Å²) in [5, 5.41) is 14.2. The predicted octanol–water partition coefficient (Wildman–Crippen LogP) is 3.21. The molecule has 0 aliphatic rings. The molecule has 3 aromatic rings. The van der Waals surface area contributed by atoms with Crippen molar-refractivity contribution >= 4 is 17.6 Å². The monoisotopic (exact) mass is 313 g/mol. The molecule has 2 aromatic heterocycles. The number of benzene rings is 1. The van der Waals surface area contributed by atoms with E-state index in [0.717, 1.165) is 5.56 Å². The van der Waals surface area contributed by atoms with Crippen molar-refractivity contribution in [3.63, 3.8) is 0 Å². The van der Waals surface area contributed by atoms with Crippen molar-refractivity contribution in [2.24, 2.45) is 0 Å². The molecule has 0 bridgehead atoms. The van der Waals surface area contributed by atoms with E-state index in [9.17, 15) is 4.79 Å². The van der Waals surface area contributed by atoms with Crippen molar-refractivity contribution < 1.29 is 9.90 Å². The third-order valence-electron chi connectivity index (χ3n) is 3.13. The standard InChI is InChI=1S/C16H12ClN3O2/c17-13-6-4-11(5-7-13)16-12(9-15(21)22)10-20(19-16)14-3-1-2-8-18-14/h1-8,10H,9H2,(H,21,22). The van der Waals surface area contributed by atoms with Crippen LogP contribution in [0.3, 0.4) is 0 Å². The van der Waals surface area contributed by atoms with Crippen molar-refractivity contribution in [1.29, 1.82) is 0 Å². The molecule has 22 heavy (non-hydrogen) atoms. The van der Waals surface area contributed by atoms with Crippen molar-refractivity contribution in [2.45, 2.75) is 6.42 Å². The molecule has 0 radical (unpaired) electrons. The summed E-state index contributed by atoms with van der Waals surface area (Å²) in [6.07, 6.45) is 3.25. The highest BCUT2D eigenvalue weighted by Gasteiger charge is 2.15. The Morgan fingerprint density at radius 1 is 1.18 bits per heavy atom. The molecule has 0 amide bonds. The SMILES string of the molecule is O=C(O)Cc1cn(-c2ccccn2)nc1-c1ccc(Cl)cc1. The molecule has 0 atom stereocenters. The van der Waals surface area contributed by atoms with Gasteiger partial charge in [0.15, 0.2) is 5.82 Å². The van der Waals surface area contributed by atoms with Gasteiger partial charge in [-0.2, -0.15) is 5.10 Å². The van der Waals surface area contributed by atoms with Gasteiger partial charge in [-0.1, -0.05) is 29.8 Å². The fourth-order valence-electron chi connectivity index (χ4n) is 2.16. The summed E-state index contributed by atoms with van der Waals surface area (Å²) in [5.74, 6) is -0.273. The lowest BCUT2D eigenvalue weighted by Crippen LogP contribution is -2.00. The number of hydrogen-bond acceptors (Lipinski definition) is 3. The maximum atomic E-state index is 11.1. The van der Waals surface area contributed by atoms with Gasteiger partial charge in [0.1, 0.15) is 0 Å². The number of carboxylic acid groups (broad SMARTS) is 1. The predicted molar refractivity (Wildman–Crippen MR) is 83.1 cm³/mol. The van der Waals surface area contributed by atoms with Crippen LogP contribution < -0.4 is 0 Å². The van der Waals surface area contributed by atoms with Gasteiger partial charge < -0.3 is 5.11 Å². The quantitative estimate of drug-likeness (QED) is 0.803. The number of halogens is 1. The van der Waals surface area contributed by atoms with Gasteiger partial charge in [0.25, 0.3) is 0 Å². The lowest BCUT2D eigenvalue weighted by molar-refractivity contribution is -0.136. The van der Waals surface area contributed by atoms with Gasteiger partial charge >= 0.3 is 5.97 Å². The number of carboxylic acids is 1. The molecule has 1 N–H and O–H groups in total. The van der Waals surface area contributed by atoms with Crippen LogP contribution in [0.15, 0.2) is 54.9 Å². The highest BCUT2D eigenvalue weighted by atomic mass is 35.5. The Kier molecular flexibility index (Phi) is 3.89. The molecular formula is C16H12ClN3O2. The fraction of sp³-hybridized carbons (Fsp3) is 0.0625. The van der Waals surface area contributed by atoms with Crippen LogP contribution in [0.4, 0.5) is 0 Å². The minimum atomic E-state index is -0.907. The van der Waals surface area contributed by atoms with Crippen LogP contribution in [0.2, 0.25) is 5.02 Å². The Hall–Kier alpha value is -2.66. The van der Waals surface area contributed by atoms with Crippen molar-refractivity contribution in [3.8, 4) is 17.1 Å². The first-order valence-corrected chi connectivity index (χ1v) is 6.99. The molecule has 0 saturated heterocycles. The Balaban J connectivity index is 2.09. The molecule has 110 valence electrons. The molecule has 2 heterocycles. The lowest BCUT2D eigenvalue weighted by Gasteiger charge is -2.00. The normalized spacial score (nSPS) is 10.6. The average molecular weight is 314 g/mol. The number of carbonyl (C=O) groups is 1. The summed E-state index contributed by atoms with van der Waals surface area (Å²) in [6.45, 7) is 0. The Morgan fingerprint density at radius 2 is 1.95 bits per heavy atom. The highest BCUT2D eigenvalue weighted by molar-refractivity contribution is 6.30. The van der Waals surface area contributed by atoms with E-state index >= 15 is 0 Å². The highest BCUT2D eigenvalue weighted by Crippen LogP contribution is 2.25. The summed E-state index contributed by atoms with van der Waals surface area (Å²) in [6, 6.07) is 12.6. The van der Waals surface area contributed by atoms with E-state index in [2.05, 4.69) is 10.1 Å². The molecule has 0 aliphatic carbocycles. The van der Waals surface area contributed by atoms with Crippen molar-refractivity contribution in [2.75, 3.05) is 0 Å². The second kappa shape index (κ2) is 5.99. The van der Waals surface area contributed by atoms with Crippen LogP contribution in [-0.2, 0) is 11.2 Å². The second-order valence-corrected chi connectivity index (χ2v) is 5.15. The topological polar surface area (TPSA) is 68.0 Å². The molecule has 6 heteroatoms. The Labute approximate surface area is 131 Å². The number of aromatic nitrogens is 3. The van der Waals surface area contributed by atoms with Crippen LogP contribution in [0.25, 0.3) is 17.1 Å². The van der Waals surface area contributed by atoms with Crippen LogP contribution >= 0.6 is 11.6 Å². The fourth-order valence-corrected chi connectivity index (χ4v) is 2.29. The van der Waals surface area contributed by atoms with Gasteiger partial charge in [0, 0.05) is 28.5 Å². The van der Waals surface area contributed by atoms with Crippen LogP contribution in [0.5, 0.6) is 0 Å². The molecule has 5 nitrogen and oxygen atoms in total. The summed E-state index contributed by atoms with van der Waals surface area (Å²) < 4.78 is 1.59. The molecule has 0 fully saturated rings. The third kappa shape index (κ3) is 2.99. The number of rotatable bonds is 4. The van der Waals surface area contributed by atoms with E-state index < -0.39 is 5.97 Å². The minimum absolute atomic E-state index is 0.106. The molecule has 0 saturated carbocycles. The maximum absolute atomic E-state index is 11.1. The van der Waals surface area contributed by atoms with Gasteiger partial charge in [-0.25, -0.2) is 9.67 Å². The molecule has 0 unspecified atom stereocenters. The van der Waals surface area contributed by atoms with E-state index in [1.807, 2.05) is 30.3 Å². The van der Waals surface area contributed by atoms with Gasteiger partial charge in [-0.3, -0.25) is 4.79 Å². The molecule has 1 aromatic carbocycles. The van der Waals surface area contributed by atoms with E-state index in [4.69, 9.17) is 16.7 Å². The van der Waals surface area contributed by atoms with E-state index in [-0.39, 0.29) is 6.42 Å². The summed E-state index contributed by atoms with van der Waals surface area (Å²) in [7, 11) is 0. The molecule has 0 aliphatic heterocycles. The number of nitrogens with zero attached hydrogens (tertiary/aromatic N) is 3.